The number of halogens is 3. The van der Waals surface area contributed by atoms with E-state index in [4.69, 9.17) is 11.6 Å². The number of hydrogen-bond donors (Lipinski definition) is 0. The molecule has 0 aliphatic rings. The summed E-state index contributed by atoms with van der Waals surface area (Å²) in [6.07, 6.45) is 2.60. The Kier molecular flexibility index (Phi) is 3.66. The van der Waals surface area contributed by atoms with Gasteiger partial charge >= 0.3 is 5.69 Å². The third-order valence-electron chi connectivity index (χ3n) is 2.35. The molecule has 0 saturated carbocycles. The molecule has 0 fully saturated rings. The number of nitro benzene ring substituents is 1. The predicted octanol–water partition coefficient (Wildman–Crippen LogP) is 3.07. The maximum atomic E-state index is 13.9. The minimum absolute atomic E-state index is 0.153. The van der Waals surface area contributed by atoms with Gasteiger partial charge in [-0.05, 0) is 6.07 Å². The van der Waals surface area contributed by atoms with Gasteiger partial charge in [-0.15, -0.1) is 11.6 Å². The minimum atomic E-state index is -1.30. The minimum Gasteiger partial charge on any atom is -0.258 e. The van der Waals surface area contributed by atoms with Crippen LogP contribution in [0.2, 0.25) is 0 Å². The Bertz CT molecular complexity index is 635. The molecule has 0 saturated heterocycles. The van der Waals surface area contributed by atoms with E-state index in [1.165, 1.54) is 12.4 Å². The van der Waals surface area contributed by atoms with Crippen molar-refractivity contribution in [1.29, 1.82) is 0 Å². The third-order valence-corrected chi connectivity index (χ3v) is 2.66. The summed E-state index contributed by atoms with van der Waals surface area (Å²) in [5.41, 5.74) is -0.895. The van der Waals surface area contributed by atoms with Gasteiger partial charge in [0.15, 0.2) is 5.82 Å². The second kappa shape index (κ2) is 5.23. The Morgan fingerprint density at radius 1 is 1.26 bits per heavy atom. The number of rotatable bonds is 3. The molecule has 2 rings (SSSR count). The van der Waals surface area contributed by atoms with Crippen molar-refractivity contribution in [1.82, 2.24) is 9.97 Å². The summed E-state index contributed by atoms with van der Waals surface area (Å²) in [7, 11) is 0. The SMILES string of the molecule is O=[N+]([O-])c1ccc(F)c(-c2ncc(CCl)cn2)c1F. The third kappa shape index (κ3) is 2.50. The highest BCUT2D eigenvalue weighted by Crippen LogP contribution is 2.29. The van der Waals surface area contributed by atoms with E-state index in [1.54, 1.807) is 0 Å². The molecule has 19 heavy (non-hydrogen) atoms. The average Bonchev–Trinajstić information content (AvgIpc) is 2.39. The highest BCUT2D eigenvalue weighted by Gasteiger charge is 2.24. The standard InChI is InChI=1S/C11H6ClF2N3O2/c12-3-6-4-15-11(16-5-6)9-7(13)1-2-8(10(9)14)17(18)19/h1-2,4-5H,3H2. The highest BCUT2D eigenvalue weighted by molar-refractivity contribution is 6.17. The van der Waals surface area contributed by atoms with Gasteiger partial charge in [0.25, 0.3) is 0 Å². The number of hydrogen-bond acceptors (Lipinski definition) is 4. The summed E-state index contributed by atoms with van der Waals surface area (Å²) < 4.78 is 27.5. The molecule has 0 radical (unpaired) electrons. The van der Waals surface area contributed by atoms with Crippen molar-refractivity contribution >= 4 is 17.3 Å². The van der Waals surface area contributed by atoms with Crippen LogP contribution in [0.25, 0.3) is 11.4 Å². The van der Waals surface area contributed by atoms with Crippen LogP contribution in [0.4, 0.5) is 14.5 Å². The molecule has 0 unspecified atom stereocenters. The summed E-state index contributed by atoms with van der Waals surface area (Å²) in [5.74, 6) is -2.39. The molecule has 1 aromatic carbocycles. The lowest BCUT2D eigenvalue weighted by Crippen LogP contribution is -2.00. The highest BCUT2D eigenvalue weighted by atomic mass is 35.5. The summed E-state index contributed by atoms with van der Waals surface area (Å²) in [6.45, 7) is 0. The zero-order valence-electron chi connectivity index (χ0n) is 9.31. The smallest absolute Gasteiger partial charge is 0.258 e. The number of nitrogens with zero attached hydrogens (tertiary/aromatic N) is 3. The summed E-state index contributed by atoms with van der Waals surface area (Å²) in [5, 5.41) is 10.6. The quantitative estimate of drug-likeness (QED) is 0.494. The number of alkyl halides is 1. The Labute approximate surface area is 111 Å². The largest absolute Gasteiger partial charge is 0.305 e. The van der Waals surface area contributed by atoms with E-state index in [-0.39, 0.29) is 11.7 Å². The van der Waals surface area contributed by atoms with E-state index in [0.29, 0.717) is 5.56 Å². The second-order valence-electron chi connectivity index (χ2n) is 3.56. The number of aromatic nitrogens is 2. The Morgan fingerprint density at radius 3 is 2.42 bits per heavy atom. The van der Waals surface area contributed by atoms with Gasteiger partial charge in [0, 0.05) is 24.0 Å². The maximum absolute atomic E-state index is 13.9. The van der Waals surface area contributed by atoms with E-state index < -0.39 is 27.8 Å². The molecule has 0 aliphatic heterocycles. The average molecular weight is 286 g/mol. The molecule has 0 amide bonds. The van der Waals surface area contributed by atoms with Crippen LogP contribution in [-0.2, 0) is 5.88 Å². The number of benzene rings is 1. The van der Waals surface area contributed by atoms with Crippen LogP contribution in [-0.4, -0.2) is 14.9 Å². The van der Waals surface area contributed by atoms with Crippen LogP contribution < -0.4 is 0 Å². The van der Waals surface area contributed by atoms with Gasteiger partial charge in [0.2, 0.25) is 5.82 Å². The lowest BCUT2D eigenvalue weighted by Gasteiger charge is -2.04. The Morgan fingerprint density at radius 2 is 1.89 bits per heavy atom. The Hall–Kier alpha value is -2.15. The predicted molar refractivity (Wildman–Crippen MR) is 63.6 cm³/mol. The van der Waals surface area contributed by atoms with Gasteiger partial charge in [-0.3, -0.25) is 10.1 Å². The lowest BCUT2D eigenvalue weighted by atomic mass is 10.1. The van der Waals surface area contributed by atoms with Crippen molar-refractivity contribution in [2.75, 3.05) is 0 Å². The molecular formula is C11H6ClF2N3O2. The number of nitro groups is 1. The topological polar surface area (TPSA) is 68.9 Å². The fourth-order valence-corrected chi connectivity index (χ4v) is 1.58. The van der Waals surface area contributed by atoms with E-state index in [1.807, 2.05) is 0 Å². The van der Waals surface area contributed by atoms with Gasteiger partial charge in [-0.25, -0.2) is 14.4 Å². The van der Waals surface area contributed by atoms with Crippen molar-refractivity contribution < 1.29 is 13.7 Å². The van der Waals surface area contributed by atoms with Crippen LogP contribution in [0.5, 0.6) is 0 Å². The molecule has 0 spiro atoms. The molecule has 0 atom stereocenters. The molecule has 1 heterocycles. The van der Waals surface area contributed by atoms with Crippen molar-refractivity contribution in [3.05, 3.63) is 51.8 Å². The first kappa shape index (κ1) is 13.3. The normalized spacial score (nSPS) is 10.5. The lowest BCUT2D eigenvalue weighted by molar-refractivity contribution is -0.387. The van der Waals surface area contributed by atoms with Crippen molar-refractivity contribution in [3.8, 4) is 11.4 Å². The van der Waals surface area contributed by atoms with E-state index in [0.717, 1.165) is 12.1 Å². The van der Waals surface area contributed by atoms with Crippen LogP contribution in [0, 0.1) is 21.7 Å². The second-order valence-corrected chi connectivity index (χ2v) is 3.83. The van der Waals surface area contributed by atoms with E-state index in [9.17, 15) is 18.9 Å². The summed E-state index contributed by atoms with van der Waals surface area (Å²) in [6, 6.07) is 1.55. The monoisotopic (exact) mass is 285 g/mol. The van der Waals surface area contributed by atoms with Crippen LogP contribution in [0.3, 0.4) is 0 Å². The van der Waals surface area contributed by atoms with Crippen molar-refractivity contribution in [3.63, 3.8) is 0 Å². The van der Waals surface area contributed by atoms with Crippen molar-refractivity contribution in [2.24, 2.45) is 0 Å². The van der Waals surface area contributed by atoms with E-state index >= 15 is 0 Å². The van der Waals surface area contributed by atoms with Crippen LogP contribution >= 0.6 is 11.6 Å². The molecule has 8 heteroatoms. The van der Waals surface area contributed by atoms with Crippen molar-refractivity contribution in [2.45, 2.75) is 5.88 Å². The van der Waals surface area contributed by atoms with Gasteiger partial charge in [-0.2, -0.15) is 4.39 Å². The first-order chi connectivity index (χ1) is 9.04. The van der Waals surface area contributed by atoms with Gasteiger partial charge < -0.3 is 0 Å². The first-order valence-corrected chi connectivity index (χ1v) is 5.57. The zero-order valence-corrected chi connectivity index (χ0v) is 10.1. The summed E-state index contributed by atoms with van der Waals surface area (Å²) >= 11 is 5.54. The molecule has 5 nitrogen and oxygen atoms in total. The molecule has 0 bridgehead atoms. The molecule has 0 N–H and O–H groups in total. The van der Waals surface area contributed by atoms with Gasteiger partial charge in [0.1, 0.15) is 5.82 Å². The molecule has 0 aliphatic carbocycles. The first-order valence-electron chi connectivity index (χ1n) is 5.04. The van der Waals surface area contributed by atoms with Gasteiger partial charge in [-0.1, -0.05) is 0 Å². The Balaban J connectivity index is 2.60. The molecular weight excluding hydrogens is 280 g/mol. The summed E-state index contributed by atoms with van der Waals surface area (Å²) in [4.78, 5) is 17.2. The molecule has 1 aromatic heterocycles. The molecule has 2 aromatic rings. The van der Waals surface area contributed by atoms with E-state index in [2.05, 4.69) is 9.97 Å². The maximum Gasteiger partial charge on any atom is 0.305 e. The fourth-order valence-electron chi connectivity index (χ4n) is 1.44. The van der Waals surface area contributed by atoms with Gasteiger partial charge in [0.05, 0.1) is 16.4 Å². The van der Waals surface area contributed by atoms with Crippen LogP contribution in [0.15, 0.2) is 24.5 Å². The zero-order chi connectivity index (χ0) is 14.0. The molecule has 98 valence electrons. The van der Waals surface area contributed by atoms with Crippen LogP contribution in [0.1, 0.15) is 5.56 Å². The fraction of sp³-hybridized carbons (Fsp3) is 0.0909.